The Hall–Kier alpha value is -0.240. The molecule has 1 N–H and O–H groups in total. The monoisotopic (exact) mass is 247 g/mol. The summed E-state index contributed by atoms with van der Waals surface area (Å²) < 4.78 is 0. The van der Waals surface area contributed by atoms with Gasteiger partial charge in [-0.25, -0.2) is 0 Å². The fourth-order valence-electron chi connectivity index (χ4n) is 1.95. The minimum atomic E-state index is -0.257. The summed E-state index contributed by atoms with van der Waals surface area (Å²) in [4.78, 5) is 11.8. The van der Waals surface area contributed by atoms with E-state index >= 15 is 0 Å². The molecule has 1 aliphatic carbocycles. The lowest BCUT2D eigenvalue weighted by Gasteiger charge is -2.35. The van der Waals surface area contributed by atoms with Gasteiger partial charge in [0.2, 0.25) is 5.91 Å². The zero-order valence-electron chi connectivity index (χ0n) is 11.2. The molecule has 0 aromatic heterocycles. The van der Waals surface area contributed by atoms with Crippen LogP contribution in [0.2, 0.25) is 0 Å². The summed E-state index contributed by atoms with van der Waals surface area (Å²) in [6.45, 7) is 10.5. The van der Waals surface area contributed by atoms with Crippen molar-refractivity contribution in [2.24, 2.45) is 10.8 Å². The first-order chi connectivity index (χ1) is 6.71. The van der Waals surface area contributed by atoms with Crippen molar-refractivity contribution in [3.8, 4) is 0 Å². The third-order valence-corrected chi connectivity index (χ3v) is 3.36. The summed E-state index contributed by atoms with van der Waals surface area (Å²) >= 11 is 0. The van der Waals surface area contributed by atoms with Gasteiger partial charge < -0.3 is 5.32 Å². The van der Waals surface area contributed by atoms with Gasteiger partial charge in [0.15, 0.2) is 0 Å². The van der Waals surface area contributed by atoms with Gasteiger partial charge in [-0.2, -0.15) is 0 Å². The van der Waals surface area contributed by atoms with E-state index in [4.69, 9.17) is 0 Å². The third kappa shape index (κ3) is 4.73. The van der Waals surface area contributed by atoms with Crippen molar-refractivity contribution >= 4 is 18.3 Å². The summed E-state index contributed by atoms with van der Waals surface area (Å²) in [5, 5.41) is 3.16. The Morgan fingerprint density at radius 3 is 2.00 bits per heavy atom. The van der Waals surface area contributed by atoms with Crippen molar-refractivity contribution in [2.45, 2.75) is 66.3 Å². The smallest absolute Gasteiger partial charge is 0.225 e. The number of hydrogen-bond donors (Lipinski definition) is 1. The Bertz CT molecular complexity index is 233. The van der Waals surface area contributed by atoms with Gasteiger partial charge in [-0.15, -0.1) is 12.4 Å². The maximum Gasteiger partial charge on any atom is 0.225 e. The minimum absolute atomic E-state index is 0. The number of nitrogens with one attached hydrogen (secondary N) is 1. The molecule has 0 saturated heterocycles. The van der Waals surface area contributed by atoms with Crippen LogP contribution in [0.4, 0.5) is 0 Å². The van der Waals surface area contributed by atoms with E-state index in [0.717, 1.165) is 12.8 Å². The Labute approximate surface area is 106 Å². The Balaban J connectivity index is 0.00000225. The number of carbonyl (C=O) groups excluding carboxylic acids is 1. The molecule has 3 heteroatoms. The molecule has 2 nitrogen and oxygen atoms in total. The van der Waals surface area contributed by atoms with E-state index < -0.39 is 0 Å². The SMILES string of the molecule is CC1(C)CCC(NC(=O)C(C)(C)C)CC1.Cl. The van der Waals surface area contributed by atoms with Crippen LogP contribution in [0.5, 0.6) is 0 Å². The molecule has 96 valence electrons. The predicted molar refractivity (Wildman–Crippen MR) is 70.9 cm³/mol. The molecule has 16 heavy (non-hydrogen) atoms. The van der Waals surface area contributed by atoms with E-state index in [1.807, 2.05) is 20.8 Å². The van der Waals surface area contributed by atoms with Gasteiger partial charge in [-0.3, -0.25) is 4.79 Å². The fraction of sp³-hybridized carbons (Fsp3) is 0.923. The van der Waals surface area contributed by atoms with Crippen molar-refractivity contribution in [1.82, 2.24) is 5.32 Å². The first-order valence-electron chi connectivity index (χ1n) is 6.02. The molecule has 0 aromatic rings. The molecular formula is C13H26ClNO. The molecule has 1 amide bonds. The van der Waals surface area contributed by atoms with E-state index in [0.29, 0.717) is 11.5 Å². The van der Waals surface area contributed by atoms with Crippen molar-refractivity contribution < 1.29 is 4.79 Å². The molecule has 0 radical (unpaired) electrons. The van der Waals surface area contributed by atoms with Crippen molar-refractivity contribution in [3.63, 3.8) is 0 Å². The minimum Gasteiger partial charge on any atom is -0.353 e. The van der Waals surface area contributed by atoms with E-state index in [-0.39, 0.29) is 23.7 Å². The van der Waals surface area contributed by atoms with Gasteiger partial charge >= 0.3 is 0 Å². The molecule has 1 rings (SSSR count). The Morgan fingerprint density at radius 1 is 1.19 bits per heavy atom. The quantitative estimate of drug-likeness (QED) is 0.755. The van der Waals surface area contributed by atoms with Crippen LogP contribution in [0.3, 0.4) is 0 Å². The van der Waals surface area contributed by atoms with Gasteiger partial charge in [0.25, 0.3) is 0 Å². The van der Waals surface area contributed by atoms with Crippen LogP contribution >= 0.6 is 12.4 Å². The van der Waals surface area contributed by atoms with E-state index in [2.05, 4.69) is 19.2 Å². The number of hydrogen-bond acceptors (Lipinski definition) is 1. The third-order valence-electron chi connectivity index (χ3n) is 3.36. The molecule has 1 aliphatic rings. The van der Waals surface area contributed by atoms with Crippen LogP contribution in [0.25, 0.3) is 0 Å². The number of halogens is 1. The summed E-state index contributed by atoms with van der Waals surface area (Å²) in [5.74, 6) is 0.187. The molecule has 0 atom stereocenters. The second kappa shape index (κ2) is 5.39. The molecule has 0 unspecified atom stereocenters. The average Bonchev–Trinajstić information content (AvgIpc) is 2.07. The van der Waals surface area contributed by atoms with Gasteiger partial charge in [0.1, 0.15) is 0 Å². The van der Waals surface area contributed by atoms with Crippen LogP contribution in [0.15, 0.2) is 0 Å². The topological polar surface area (TPSA) is 29.1 Å². The van der Waals surface area contributed by atoms with Crippen LogP contribution in [-0.2, 0) is 4.79 Å². The zero-order valence-corrected chi connectivity index (χ0v) is 12.0. The first kappa shape index (κ1) is 15.8. The van der Waals surface area contributed by atoms with Crippen LogP contribution in [0, 0.1) is 10.8 Å². The highest BCUT2D eigenvalue weighted by Gasteiger charge is 2.30. The van der Waals surface area contributed by atoms with Crippen molar-refractivity contribution in [2.75, 3.05) is 0 Å². The maximum atomic E-state index is 11.8. The standard InChI is InChI=1S/C13H25NO.ClH/c1-12(2,3)11(15)14-10-6-8-13(4,5)9-7-10;/h10H,6-9H2,1-5H3,(H,14,15);1H. The molecule has 1 fully saturated rings. The molecule has 0 aromatic carbocycles. The number of amides is 1. The van der Waals surface area contributed by atoms with E-state index in [9.17, 15) is 4.79 Å². The van der Waals surface area contributed by atoms with Gasteiger partial charge in [0, 0.05) is 11.5 Å². The summed E-state index contributed by atoms with van der Waals surface area (Å²) in [6, 6.07) is 0.407. The molecule has 0 bridgehead atoms. The Kier molecular flexibility index (Phi) is 5.31. The van der Waals surface area contributed by atoms with E-state index in [1.54, 1.807) is 0 Å². The largest absolute Gasteiger partial charge is 0.353 e. The second-order valence-corrected chi connectivity index (χ2v) is 6.66. The first-order valence-corrected chi connectivity index (χ1v) is 6.02. The molecule has 0 spiro atoms. The molecule has 1 saturated carbocycles. The van der Waals surface area contributed by atoms with Crippen LogP contribution in [-0.4, -0.2) is 11.9 Å². The number of carbonyl (C=O) groups is 1. The summed E-state index contributed by atoms with van der Waals surface area (Å²) in [7, 11) is 0. The molecule has 0 heterocycles. The fourth-order valence-corrected chi connectivity index (χ4v) is 1.95. The summed E-state index contributed by atoms with van der Waals surface area (Å²) in [6.07, 6.45) is 4.72. The molecular weight excluding hydrogens is 222 g/mol. The molecule has 0 aliphatic heterocycles. The lowest BCUT2D eigenvalue weighted by atomic mass is 9.75. The summed E-state index contributed by atoms with van der Waals surface area (Å²) in [5.41, 5.74) is 0.218. The lowest BCUT2D eigenvalue weighted by molar-refractivity contribution is -0.129. The normalized spacial score (nSPS) is 21.1. The highest BCUT2D eigenvalue weighted by Crippen LogP contribution is 2.35. The van der Waals surface area contributed by atoms with Crippen LogP contribution < -0.4 is 5.32 Å². The average molecular weight is 248 g/mol. The van der Waals surface area contributed by atoms with Gasteiger partial charge in [-0.05, 0) is 31.1 Å². The van der Waals surface area contributed by atoms with Gasteiger partial charge in [-0.1, -0.05) is 34.6 Å². The van der Waals surface area contributed by atoms with E-state index in [1.165, 1.54) is 12.8 Å². The highest BCUT2D eigenvalue weighted by molar-refractivity contribution is 5.85. The highest BCUT2D eigenvalue weighted by atomic mass is 35.5. The second-order valence-electron chi connectivity index (χ2n) is 6.66. The lowest BCUT2D eigenvalue weighted by Crippen LogP contribution is -2.44. The maximum absolute atomic E-state index is 11.8. The zero-order chi connectivity index (χ0) is 11.7. The van der Waals surface area contributed by atoms with Crippen LogP contribution in [0.1, 0.15) is 60.3 Å². The van der Waals surface area contributed by atoms with Gasteiger partial charge in [0.05, 0.1) is 0 Å². The Morgan fingerprint density at radius 2 is 1.62 bits per heavy atom. The van der Waals surface area contributed by atoms with Crippen molar-refractivity contribution in [1.29, 1.82) is 0 Å². The number of rotatable bonds is 1. The predicted octanol–water partition coefficient (Wildman–Crippen LogP) is 3.54. The van der Waals surface area contributed by atoms with Crippen molar-refractivity contribution in [3.05, 3.63) is 0 Å².